The Balaban J connectivity index is 1.11. The van der Waals surface area contributed by atoms with Gasteiger partial charge in [-0.05, 0) is 29.3 Å². The predicted octanol–water partition coefficient (Wildman–Crippen LogP) is 3.04. The highest BCUT2D eigenvalue weighted by atomic mass is 16.5. The number of rotatable bonds is 5. The Bertz CT molecular complexity index is 988. The number of benzene rings is 2. The fourth-order valence-electron chi connectivity index (χ4n) is 4.15. The summed E-state index contributed by atoms with van der Waals surface area (Å²) in [5.74, 6) is 1.85. The minimum Gasteiger partial charge on any atom is -0.493 e. The number of para-hydroxylation sites is 2. The predicted molar refractivity (Wildman–Crippen MR) is 110 cm³/mol. The van der Waals surface area contributed by atoms with Gasteiger partial charge >= 0.3 is 0 Å². The summed E-state index contributed by atoms with van der Waals surface area (Å²) in [4.78, 5) is 21.4. The second kappa shape index (κ2) is 7.87. The van der Waals surface area contributed by atoms with Crippen molar-refractivity contribution in [2.45, 2.75) is 25.8 Å². The van der Waals surface area contributed by atoms with Crippen LogP contribution in [0.2, 0.25) is 0 Å². The fourth-order valence-corrected chi connectivity index (χ4v) is 4.15. The van der Waals surface area contributed by atoms with Crippen molar-refractivity contribution in [2.24, 2.45) is 0 Å². The summed E-state index contributed by atoms with van der Waals surface area (Å²) >= 11 is 0. The molecular weight excluding hydrogens is 366 g/mol. The standard InChI is InChI=1S/C23H25N3O3/c27-23(8-7-22-24-19-3-1-2-4-21(19)29-22)26-12-10-25(11-13-26)16-17-5-6-20-18(15-17)9-14-28-20/h1-6,15H,7-14,16H2. The van der Waals surface area contributed by atoms with Gasteiger partial charge in [0.25, 0.3) is 0 Å². The van der Waals surface area contributed by atoms with Gasteiger partial charge in [0, 0.05) is 52.0 Å². The van der Waals surface area contributed by atoms with Crippen LogP contribution in [0, 0.1) is 0 Å². The van der Waals surface area contributed by atoms with Gasteiger partial charge in [-0.15, -0.1) is 0 Å². The van der Waals surface area contributed by atoms with Crippen LogP contribution < -0.4 is 4.74 Å². The highest BCUT2D eigenvalue weighted by molar-refractivity contribution is 5.77. The summed E-state index contributed by atoms with van der Waals surface area (Å²) < 4.78 is 11.3. The third-order valence-electron chi connectivity index (χ3n) is 5.78. The highest BCUT2D eigenvalue weighted by Crippen LogP contribution is 2.26. The Kier molecular flexibility index (Phi) is 4.94. The zero-order valence-corrected chi connectivity index (χ0v) is 16.5. The van der Waals surface area contributed by atoms with Gasteiger partial charge in [-0.3, -0.25) is 9.69 Å². The first-order chi connectivity index (χ1) is 14.2. The Morgan fingerprint density at radius 2 is 1.93 bits per heavy atom. The van der Waals surface area contributed by atoms with E-state index in [0.29, 0.717) is 18.7 Å². The number of ether oxygens (including phenoxy) is 1. The molecule has 1 fully saturated rings. The molecule has 0 saturated carbocycles. The molecule has 0 atom stereocenters. The monoisotopic (exact) mass is 391 g/mol. The lowest BCUT2D eigenvalue weighted by atomic mass is 10.1. The molecule has 2 aromatic carbocycles. The molecule has 1 aromatic heterocycles. The molecule has 0 radical (unpaired) electrons. The number of nitrogens with zero attached hydrogens (tertiary/aromatic N) is 3. The van der Waals surface area contributed by atoms with Crippen molar-refractivity contribution in [1.82, 2.24) is 14.8 Å². The van der Waals surface area contributed by atoms with Crippen LogP contribution in [0.4, 0.5) is 0 Å². The number of carbonyl (C=O) groups is 1. The van der Waals surface area contributed by atoms with Crippen LogP contribution in [-0.4, -0.2) is 53.5 Å². The number of oxazole rings is 1. The van der Waals surface area contributed by atoms with E-state index in [1.165, 1.54) is 11.1 Å². The van der Waals surface area contributed by atoms with Crippen LogP contribution >= 0.6 is 0 Å². The van der Waals surface area contributed by atoms with E-state index in [1.807, 2.05) is 29.2 Å². The molecule has 6 heteroatoms. The lowest BCUT2D eigenvalue weighted by molar-refractivity contribution is -0.133. The number of aromatic nitrogens is 1. The summed E-state index contributed by atoms with van der Waals surface area (Å²) in [5, 5.41) is 0. The molecule has 0 N–H and O–H groups in total. The molecule has 2 aliphatic rings. The zero-order chi connectivity index (χ0) is 19.6. The van der Waals surface area contributed by atoms with Crippen LogP contribution in [0.3, 0.4) is 0 Å². The largest absolute Gasteiger partial charge is 0.493 e. The molecule has 1 amide bonds. The molecular formula is C23H25N3O3. The number of hydrogen-bond donors (Lipinski definition) is 0. The van der Waals surface area contributed by atoms with E-state index < -0.39 is 0 Å². The van der Waals surface area contributed by atoms with Gasteiger partial charge in [-0.25, -0.2) is 4.98 Å². The normalized spacial score (nSPS) is 16.8. The lowest BCUT2D eigenvalue weighted by Gasteiger charge is -2.34. The molecule has 5 rings (SSSR count). The molecule has 2 aliphatic heterocycles. The zero-order valence-electron chi connectivity index (χ0n) is 16.5. The topological polar surface area (TPSA) is 58.8 Å². The maximum atomic E-state index is 12.6. The van der Waals surface area contributed by atoms with Gasteiger partial charge in [0.2, 0.25) is 5.91 Å². The molecule has 29 heavy (non-hydrogen) atoms. The molecule has 150 valence electrons. The molecule has 0 unspecified atom stereocenters. The Morgan fingerprint density at radius 1 is 1.07 bits per heavy atom. The first-order valence-electron chi connectivity index (χ1n) is 10.3. The lowest BCUT2D eigenvalue weighted by Crippen LogP contribution is -2.48. The van der Waals surface area contributed by atoms with E-state index in [2.05, 4.69) is 28.1 Å². The SMILES string of the molecule is O=C(CCc1nc2ccccc2o1)N1CCN(Cc2ccc3c(c2)CCO3)CC1. The fraction of sp³-hybridized carbons (Fsp3) is 0.391. The molecule has 0 bridgehead atoms. The Hall–Kier alpha value is -2.86. The first kappa shape index (κ1) is 18.2. The van der Waals surface area contributed by atoms with E-state index in [4.69, 9.17) is 9.15 Å². The highest BCUT2D eigenvalue weighted by Gasteiger charge is 2.22. The minimum atomic E-state index is 0.182. The minimum absolute atomic E-state index is 0.182. The maximum Gasteiger partial charge on any atom is 0.223 e. The van der Waals surface area contributed by atoms with Gasteiger partial charge in [-0.2, -0.15) is 0 Å². The molecule has 0 aliphatic carbocycles. The second-order valence-electron chi connectivity index (χ2n) is 7.77. The summed E-state index contributed by atoms with van der Waals surface area (Å²) in [6.45, 7) is 5.09. The molecule has 3 heterocycles. The Morgan fingerprint density at radius 3 is 2.79 bits per heavy atom. The summed E-state index contributed by atoms with van der Waals surface area (Å²) in [6, 6.07) is 14.2. The molecule has 0 spiro atoms. The number of amides is 1. The third-order valence-corrected chi connectivity index (χ3v) is 5.78. The van der Waals surface area contributed by atoms with Crippen molar-refractivity contribution in [3.8, 4) is 5.75 Å². The van der Waals surface area contributed by atoms with Crippen LogP contribution in [0.1, 0.15) is 23.4 Å². The molecule has 1 saturated heterocycles. The average molecular weight is 391 g/mol. The summed E-state index contributed by atoms with van der Waals surface area (Å²) in [5.41, 5.74) is 4.27. The summed E-state index contributed by atoms with van der Waals surface area (Å²) in [7, 11) is 0. The third kappa shape index (κ3) is 3.98. The maximum absolute atomic E-state index is 12.6. The van der Waals surface area contributed by atoms with Crippen LogP contribution in [0.15, 0.2) is 46.9 Å². The quantitative estimate of drug-likeness (QED) is 0.669. The van der Waals surface area contributed by atoms with Crippen LogP contribution in [-0.2, 0) is 24.2 Å². The van der Waals surface area contributed by atoms with Crippen molar-refractivity contribution < 1.29 is 13.9 Å². The van der Waals surface area contributed by atoms with E-state index >= 15 is 0 Å². The number of carbonyl (C=O) groups excluding carboxylic acids is 1. The average Bonchev–Trinajstić information content (AvgIpc) is 3.38. The van der Waals surface area contributed by atoms with Crippen molar-refractivity contribution in [3.05, 3.63) is 59.5 Å². The van der Waals surface area contributed by atoms with Gasteiger partial charge in [-0.1, -0.05) is 24.3 Å². The van der Waals surface area contributed by atoms with Crippen molar-refractivity contribution in [1.29, 1.82) is 0 Å². The van der Waals surface area contributed by atoms with Gasteiger partial charge < -0.3 is 14.1 Å². The van der Waals surface area contributed by atoms with Gasteiger partial charge in [0.15, 0.2) is 11.5 Å². The van der Waals surface area contributed by atoms with Crippen LogP contribution in [0.25, 0.3) is 11.1 Å². The van der Waals surface area contributed by atoms with E-state index in [9.17, 15) is 4.79 Å². The smallest absolute Gasteiger partial charge is 0.223 e. The van der Waals surface area contributed by atoms with E-state index in [0.717, 1.165) is 62.6 Å². The number of hydrogen-bond acceptors (Lipinski definition) is 5. The first-order valence-corrected chi connectivity index (χ1v) is 10.3. The second-order valence-corrected chi connectivity index (χ2v) is 7.77. The number of piperazine rings is 1. The Labute approximate surface area is 170 Å². The van der Waals surface area contributed by atoms with Gasteiger partial charge in [0.05, 0.1) is 6.61 Å². The molecule has 3 aromatic rings. The van der Waals surface area contributed by atoms with Gasteiger partial charge in [0.1, 0.15) is 11.3 Å². The summed E-state index contributed by atoms with van der Waals surface area (Å²) in [6.07, 6.45) is 1.99. The van der Waals surface area contributed by atoms with Crippen LogP contribution in [0.5, 0.6) is 5.75 Å². The van der Waals surface area contributed by atoms with Crippen molar-refractivity contribution >= 4 is 17.0 Å². The van der Waals surface area contributed by atoms with E-state index in [-0.39, 0.29) is 5.91 Å². The molecule has 6 nitrogen and oxygen atoms in total. The number of fused-ring (bicyclic) bond motifs is 2. The van der Waals surface area contributed by atoms with E-state index in [1.54, 1.807) is 0 Å². The van der Waals surface area contributed by atoms with Crippen molar-refractivity contribution in [2.75, 3.05) is 32.8 Å². The van der Waals surface area contributed by atoms with Crippen molar-refractivity contribution in [3.63, 3.8) is 0 Å². The number of aryl methyl sites for hydroxylation is 1.